The lowest BCUT2D eigenvalue weighted by atomic mass is 9.74. The van der Waals surface area contributed by atoms with Gasteiger partial charge in [0, 0.05) is 33.8 Å². The minimum Gasteiger partial charge on any atom is -0.354 e. The molecule has 9 rings (SSSR count). The summed E-state index contributed by atoms with van der Waals surface area (Å²) in [5, 5.41) is 1.35. The van der Waals surface area contributed by atoms with Crippen LogP contribution in [0, 0.1) is 18.3 Å². The summed E-state index contributed by atoms with van der Waals surface area (Å²) in [5.41, 5.74) is 25.6. The molecule has 0 saturated heterocycles. The molecule has 51 heavy (non-hydrogen) atoms. The first-order chi connectivity index (χ1) is 24.5. The van der Waals surface area contributed by atoms with Gasteiger partial charge < -0.3 is 4.98 Å². The van der Waals surface area contributed by atoms with Gasteiger partial charge in [0.25, 0.3) is 0 Å². The molecule has 1 nitrogen and oxygen atoms in total. The van der Waals surface area contributed by atoms with Gasteiger partial charge in [0.05, 0.1) is 11.2 Å². The van der Waals surface area contributed by atoms with Gasteiger partial charge in [-0.25, -0.2) is 0 Å². The number of hydrogen-bond donors (Lipinski definition) is 1. The second-order valence-electron chi connectivity index (χ2n) is 17.1. The number of para-hydroxylation sites is 1. The number of aromatic amines is 1. The molecule has 0 atom stereocenters. The molecule has 0 bridgehead atoms. The number of benzene rings is 4. The van der Waals surface area contributed by atoms with Gasteiger partial charge >= 0.3 is 0 Å². The highest BCUT2D eigenvalue weighted by molar-refractivity contribution is 6.05. The number of aryl methyl sites for hydroxylation is 1. The van der Waals surface area contributed by atoms with Crippen molar-refractivity contribution in [2.45, 2.75) is 92.9 Å². The summed E-state index contributed by atoms with van der Waals surface area (Å²) in [6.07, 6.45) is 13.3. The largest absolute Gasteiger partial charge is 0.354 e. The van der Waals surface area contributed by atoms with Crippen LogP contribution in [0.3, 0.4) is 0 Å². The Balaban J connectivity index is 1.24. The maximum atomic E-state index is 4.00. The number of fused-ring (bicyclic) bond motifs is 8. The molecule has 0 saturated carbocycles. The molecular formula is C50H51N. The second-order valence-corrected chi connectivity index (χ2v) is 17.1. The third-order valence-electron chi connectivity index (χ3n) is 13.0. The maximum Gasteiger partial charge on any atom is 0.0541 e. The number of rotatable bonds is 5. The van der Waals surface area contributed by atoms with Crippen LogP contribution >= 0.6 is 0 Å². The van der Waals surface area contributed by atoms with Crippen LogP contribution in [0.5, 0.6) is 0 Å². The van der Waals surface area contributed by atoms with Crippen LogP contribution in [0.4, 0.5) is 0 Å². The fourth-order valence-electron chi connectivity index (χ4n) is 10.8. The fourth-order valence-corrected chi connectivity index (χ4v) is 10.8. The molecule has 0 radical (unpaired) electrons. The number of hydrogen-bond acceptors (Lipinski definition) is 0. The Hall–Kier alpha value is -4.62. The van der Waals surface area contributed by atoms with Crippen molar-refractivity contribution in [2.75, 3.05) is 0 Å². The first kappa shape index (κ1) is 32.3. The predicted octanol–water partition coefficient (Wildman–Crippen LogP) is 13.8. The molecule has 1 aromatic heterocycles. The standard InChI is InChI=1S/C50H51N/c1-29(2)43-37-21-12-14-26-42(37)49(5,6)45(43)30(3)17-15-22-33-31(4)27-39-35-20-11-13-25-41(35)50(7,8)46(39)44(33)38-24-16-23-36-40-28-32-18-9-10-19-34(32)47(40)51-48(36)38/h9-11,13,15-20,22-25,27,29,51H,12,14,21,26,28H2,1-8H3/b22-15-,30-17+. The molecule has 4 aromatic carbocycles. The summed E-state index contributed by atoms with van der Waals surface area (Å²) in [5.74, 6) is 0.529. The molecule has 1 heterocycles. The molecule has 0 aliphatic heterocycles. The van der Waals surface area contributed by atoms with Crippen molar-refractivity contribution in [1.29, 1.82) is 0 Å². The van der Waals surface area contributed by atoms with Crippen LogP contribution in [-0.2, 0) is 11.8 Å². The lowest BCUT2D eigenvalue weighted by Crippen LogP contribution is -2.17. The van der Waals surface area contributed by atoms with E-state index in [1.54, 1.807) is 22.3 Å². The van der Waals surface area contributed by atoms with Crippen molar-refractivity contribution >= 4 is 17.0 Å². The van der Waals surface area contributed by atoms with Crippen LogP contribution in [0.15, 0.2) is 113 Å². The van der Waals surface area contributed by atoms with E-state index in [2.05, 4.69) is 151 Å². The summed E-state index contributed by atoms with van der Waals surface area (Å²) in [6.45, 7) is 19.3. The SMILES string of the molecule is C/C(=C\C=C/c1c(C)cc2c(c1-c1cccc3c4c([nH]c13)-c1ccccc1C4)C(C)(C)c1ccccc1-2)C1=C(C(C)C)C2=C(CCCC2)C1(C)C. The highest BCUT2D eigenvalue weighted by atomic mass is 14.7. The molecular weight excluding hydrogens is 615 g/mol. The van der Waals surface area contributed by atoms with Gasteiger partial charge in [-0.15, -0.1) is 0 Å². The zero-order valence-electron chi connectivity index (χ0n) is 31.8. The van der Waals surface area contributed by atoms with Gasteiger partial charge in [0.1, 0.15) is 0 Å². The smallest absolute Gasteiger partial charge is 0.0541 e. The Kier molecular flexibility index (Phi) is 7.25. The Morgan fingerprint density at radius 2 is 1.53 bits per heavy atom. The summed E-state index contributed by atoms with van der Waals surface area (Å²) in [4.78, 5) is 4.00. The van der Waals surface area contributed by atoms with E-state index in [0.29, 0.717) is 5.92 Å². The zero-order chi connectivity index (χ0) is 35.4. The highest BCUT2D eigenvalue weighted by Gasteiger charge is 2.42. The first-order valence-electron chi connectivity index (χ1n) is 19.3. The Bertz CT molecular complexity index is 2420. The molecule has 1 N–H and O–H groups in total. The molecule has 0 spiro atoms. The third-order valence-corrected chi connectivity index (χ3v) is 13.0. The van der Waals surface area contributed by atoms with Crippen LogP contribution in [-0.4, -0.2) is 4.98 Å². The van der Waals surface area contributed by atoms with E-state index in [1.165, 1.54) is 109 Å². The molecule has 4 aliphatic rings. The van der Waals surface area contributed by atoms with Gasteiger partial charge in [0.2, 0.25) is 0 Å². The maximum absolute atomic E-state index is 4.00. The van der Waals surface area contributed by atoms with Crippen molar-refractivity contribution in [3.63, 3.8) is 0 Å². The quantitative estimate of drug-likeness (QED) is 0.176. The summed E-state index contributed by atoms with van der Waals surface area (Å²) >= 11 is 0. The number of aromatic nitrogens is 1. The van der Waals surface area contributed by atoms with Crippen molar-refractivity contribution in [3.8, 4) is 33.5 Å². The van der Waals surface area contributed by atoms with Crippen molar-refractivity contribution < 1.29 is 0 Å². The van der Waals surface area contributed by atoms with Gasteiger partial charge in [-0.1, -0.05) is 138 Å². The number of H-pyrrole nitrogens is 1. The van der Waals surface area contributed by atoms with Crippen LogP contribution in [0.1, 0.15) is 108 Å². The van der Waals surface area contributed by atoms with Crippen LogP contribution < -0.4 is 0 Å². The summed E-state index contributed by atoms with van der Waals surface area (Å²) in [6, 6.07) is 27.4. The van der Waals surface area contributed by atoms with E-state index in [9.17, 15) is 0 Å². The van der Waals surface area contributed by atoms with Crippen LogP contribution in [0.2, 0.25) is 0 Å². The minimum atomic E-state index is -0.136. The highest BCUT2D eigenvalue weighted by Crippen LogP contribution is 2.57. The second kappa shape index (κ2) is 11.4. The molecule has 1 heteroatoms. The van der Waals surface area contributed by atoms with Crippen LogP contribution in [0.25, 0.3) is 50.5 Å². The fraction of sp³-hybridized carbons (Fsp3) is 0.320. The molecule has 0 fully saturated rings. The monoisotopic (exact) mass is 665 g/mol. The topological polar surface area (TPSA) is 15.8 Å². The normalized spacial score (nSPS) is 18.6. The lowest BCUT2D eigenvalue weighted by molar-refractivity contribution is 0.503. The summed E-state index contributed by atoms with van der Waals surface area (Å²) < 4.78 is 0. The van der Waals surface area contributed by atoms with Gasteiger partial charge in [-0.2, -0.15) is 0 Å². The summed E-state index contributed by atoms with van der Waals surface area (Å²) in [7, 11) is 0. The molecule has 5 aromatic rings. The number of allylic oxidation sites excluding steroid dienone is 7. The van der Waals surface area contributed by atoms with E-state index in [0.717, 1.165) is 6.42 Å². The molecule has 256 valence electrons. The van der Waals surface area contributed by atoms with Crippen molar-refractivity contribution in [2.24, 2.45) is 11.3 Å². The molecule has 0 amide bonds. The average Bonchev–Trinajstić information content (AvgIpc) is 3.79. The number of nitrogens with one attached hydrogen (secondary N) is 1. The van der Waals surface area contributed by atoms with E-state index in [-0.39, 0.29) is 10.8 Å². The van der Waals surface area contributed by atoms with Crippen molar-refractivity contribution in [1.82, 2.24) is 4.98 Å². The Morgan fingerprint density at radius 1 is 0.804 bits per heavy atom. The van der Waals surface area contributed by atoms with Gasteiger partial charge in [-0.3, -0.25) is 0 Å². The Labute approximate surface area is 304 Å². The Morgan fingerprint density at radius 3 is 2.33 bits per heavy atom. The van der Waals surface area contributed by atoms with Gasteiger partial charge in [-0.05, 0) is 118 Å². The predicted molar refractivity (Wildman–Crippen MR) is 218 cm³/mol. The molecule has 4 aliphatic carbocycles. The lowest BCUT2D eigenvalue weighted by Gasteiger charge is -2.30. The van der Waals surface area contributed by atoms with E-state index >= 15 is 0 Å². The van der Waals surface area contributed by atoms with E-state index in [4.69, 9.17) is 0 Å². The third kappa shape index (κ3) is 4.59. The minimum absolute atomic E-state index is 0.0938. The average molecular weight is 666 g/mol. The van der Waals surface area contributed by atoms with Gasteiger partial charge in [0.15, 0.2) is 0 Å². The molecule has 0 unspecified atom stereocenters. The van der Waals surface area contributed by atoms with Crippen molar-refractivity contribution in [3.05, 3.63) is 146 Å². The zero-order valence-corrected chi connectivity index (χ0v) is 31.8. The van der Waals surface area contributed by atoms with E-state index < -0.39 is 0 Å². The van der Waals surface area contributed by atoms with E-state index in [1.807, 2.05) is 0 Å². The first-order valence-corrected chi connectivity index (χ1v) is 19.3.